The smallest absolute Gasteiger partial charge is 0.254 e. The van der Waals surface area contributed by atoms with Gasteiger partial charge in [0.1, 0.15) is 12.1 Å². The maximum Gasteiger partial charge on any atom is 0.254 e. The Morgan fingerprint density at radius 3 is 2.95 bits per heavy atom. The van der Waals surface area contributed by atoms with Gasteiger partial charge in [-0.25, -0.2) is 4.98 Å². The topological polar surface area (TPSA) is 58.4 Å². The zero-order valence-electron chi connectivity index (χ0n) is 12.1. The van der Waals surface area contributed by atoms with Gasteiger partial charge in [-0.05, 0) is 19.4 Å². The summed E-state index contributed by atoms with van der Waals surface area (Å²) in [5.41, 5.74) is 0.956. The molecule has 19 heavy (non-hydrogen) atoms. The van der Waals surface area contributed by atoms with Crippen molar-refractivity contribution in [2.24, 2.45) is 5.92 Å². The predicted octanol–water partition coefficient (Wildman–Crippen LogP) is 1.11. The largest absolute Gasteiger partial charge is 0.358 e. The highest BCUT2D eigenvalue weighted by molar-refractivity contribution is 5.46. The molecule has 2 aromatic rings. The number of hydrogen-bond donors (Lipinski definition) is 1. The third-order valence-electron chi connectivity index (χ3n) is 2.93. The van der Waals surface area contributed by atoms with Crippen LogP contribution < -0.4 is 10.2 Å². The second kappa shape index (κ2) is 5.97. The van der Waals surface area contributed by atoms with E-state index < -0.39 is 0 Å². The van der Waals surface area contributed by atoms with Crippen LogP contribution in [0, 0.1) is 12.8 Å². The second-order valence-corrected chi connectivity index (χ2v) is 5.25. The van der Waals surface area contributed by atoms with Crippen molar-refractivity contribution in [1.29, 1.82) is 0 Å². The maximum absolute atomic E-state index is 4.35. The fraction of sp³-hybridized carbons (Fsp3) is 0.615. The van der Waals surface area contributed by atoms with Crippen LogP contribution in [0.25, 0.3) is 5.78 Å². The zero-order chi connectivity index (χ0) is 13.8. The lowest BCUT2D eigenvalue weighted by molar-refractivity contribution is 0.553. The van der Waals surface area contributed by atoms with Crippen molar-refractivity contribution in [3.05, 3.63) is 18.1 Å². The lowest BCUT2D eigenvalue weighted by Crippen LogP contribution is -2.32. The number of fused-ring (bicyclic) bond motifs is 1. The Bertz CT molecular complexity index is 533. The molecule has 1 N–H and O–H groups in total. The first-order valence-electron chi connectivity index (χ1n) is 6.67. The first kappa shape index (κ1) is 13.7. The highest BCUT2D eigenvalue weighted by Crippen LogP contribution is 2.13. The highest BCUT2D eigenvalue weighted by atomic mass is 15.4. The lowest BCUT2D eigenvalue weighted by Gasteiger charge is -2.20. The second-order valence-electron chi connectivity index (χ2n) is 5.25. The number of hydrogen-bond acceptors (Lipinski definition) is 5. The van der Waals surface area contributed by atoms with Gasteiger partial charge in [-0.1, -0.05) is 13.8 Å². The first-order valence-corrected chi connectivity index (χ1v) is 6.67. The van der Waals surface area contributed by atoms with E-state index in [0.29, 0.717) is 11.7 Å². The summed E-state index contributed by atoms with van der Waals surface area (Å²) in [6, 6.07) is 2.03. The van der Waals surface area contributed by atoms with E-state index in [4.69, 9.17) is 0 Å². The molecule has 2 heterocycles. The monoisotopic (exact) mass is 262 g/mol. The molecule has 6 nitrogen and oxygen atoms in total. The molecule has 0 saturated carbocycles. The molecule has 0 aliphatic carbocycles. The molecule has 0 bridgehead atoms. The van der Waals surface area contributed by atoms with Gasteiger partial charge in [0.05, 0.1) is 0 Å². The van der Waals surface area contributed by atoms with Crippen molar-refractivity contribution in [1.82, 2.24) is 24.9 Å². The van der Waals surface area contributed by atoms with Crippen LogP contribution in [-0.2, 0) is 0 Å². The van der Waals surface area contributed by atoms with Gasteiger partial charge in [-0.2, -0.15) is 14.6 Å². The number of anilines is 1. The standard InChI is InChI=1S/C13H22N6/c1-10(2)8-14-5-6-18(4)12-7-11(3)17-13-15-9-16-19(12)13/h7,9-10,14H,5-6,8H2,1-4H3. The van der Waals surface area contributed by atoms with Crippen molar-refractivity contribution >= 4 is 11.6 Å². The summed E-state index contributed by atoms with van der Waals surface area (Å²) in [7, 11) is 2.06. The molecule has 6 heteroatoms. The zero-order valence-corrected chi connectivity index (χ0v) is 12.1. The molecule has 0 amide bonds. The molecule has 0 fully saturated rings. The van der Waals surface area contributed by atoms with Gasteiger partial charge in [0.2, 0.25) is 0 Å². The van der Waals surface area contributed by atoms with Crippen LogP contribution >= 0.6 is 0 Å². The molecule has 0 aliphatic rings. The SMILES string of the molecule is Cc1cc(N(C)CCNCC(C)C)n2ncnc2n1. The molecular formula is C13H22N6. The van der Waals surface area contributed by atoms with Crippen LogP contribution in [0.1, 0.15) is 19.5 Å². The number of nitrogens with one attached hydrogen (secondary N) is 1. The van der Waals surface area contributed by atoms with Gasteiger partial charge in [0.15, 0.2) is 0 Å². The third kappa shape index (κ3) is 3.41. The van der Waals surface area contributed by atoms with Crippen molar-refractivity contribution in [3.63, 3.8) is 0 Å². The van der Waals surface area contributed by atoms with E-state index in [0.717, 1.165) is 31.1 Å². The third-order valence-corrected chi connectivity index (χ3v) is 2.93. The van der Waals surface area contributed by atoms with Gasteiger partial charge in [-0.3, -0.25) is 0 Å². The molecule has 0 aromatic carbocycles. The Kier molecular flexibility index (Phi) is 4.31. The Morgan fingerprint density at radius 2 is 2.21 bits per heavy atom. The molecule has 0 unspecified atom stereocenters. The fourth-order valence-corrected chi connectivity index (χ4v) is 1.94. The Hall–Kier alpha value is -1.69. The van der Waals surface area contributed by atoms with Gasteiger partial charge < -0.3 is 10.2 Å². The maximum atomic E-state index is 4.35. The number of aryl methyl sites for hydroxylation is 1. The summed E-state index contributed by atoms with van der Waals surface area (Å²) in [6.45, 7) is 9.31. The summed E-state index contributed by atoms with van der Waals surface area (Å²) in [6.07, 6.45) is 1.54. The lowest BCUT2D eigenvalue weighted by atomic mass is 10.2. The molecule has 0 atom stereocenters. The summed E-state index contributed by atoms with van der Waals surface area (Å²) < 4.78 is 1.77. The first-order chi connectivity index (χ1) is 9.08. The minimum Gasteiger partial charge on any atom is -0.358 e. The highest BCUT2D eigenvalue weighted by Gasteiger charge is 2.09. The minimum atomic E-state index is 0.650. The Morgan fingerprint density at radius 1 is 1.42 bits per heavy atom. The van der Waals surface area contributed by atoms with Crippen LogP contribution in [0.15, 0.2) is 12.4 Å². The van der Waals surface area contributed by atoms with E-state index in [1.807, 2.05) is 13.0 Å². The number of nitrogens with zero attached hydrogens (tertiary/aromatic N) is 5. The van der Waals surface area contributed by atoms with E-state index in [9.17, 15) is 0 Å². The van der Waals surface area contributed by atoms with Crippen molar-refractivity contribution in [2.75, 3.05) is 31.6 Å². The molecule has 0 aliphatic heterocycles. The van der Waals surface area contributed by atoms with E-state index in [2.05, 4.69) is 46.2 Å². The van der Waals surface area contributed by atoms with E-state index >= 15 is 0 Å². The fourth-order valence-electron chi connectivity index (χ4n) is 1.94. The van der Waals surface area contributed by atoms with Crippen molar-refractivity contribution in [3.8, 4) is 0 Å². The average Bonchev–Trinajstić information content (AvgIpc) is 2.80. The van der Waals surface area contributed by atoms with E-state index in [1.54, 1.807) is 4.52 Å². The minimum absolute atomic E-state index is 0.650. The molecule has 2 aromatic heterocycles. The van der Waals surface area contributed by atoms with Crippen LogP contribution in [0.3, 0.4) is 0 Å². The van der Waals surface area contributed by atoms with Crippen LogP contribution in [0.2, 0.25) is 0 Å². The Labute approximate surface area is 113 Å². The molecule has 0 radical (unpaired) electrons. The van der Waals surface area contributed by atoms with Crippen LogP contribution in [0.4, 0.5) is 5.82 Å². The van der Waals surface area contributed by atoms with Crippen LogP contribution in [0.5, 0.6) is 0 Å². The van der Waals surface area contributed by atoms with E-state index in [-0.39, 0.29) is 0 Å². The van der Waals surface area contributed by atoms with Gasteiger partial charge in [-0.15, -0.1) is 0 Å². The number of rotatable bonds is 6. The summed E-state index contributed by atoms with van der Waals surface area (Å²) in [5, 5.41) is 7.66. The van der Waals surface area contributed by atoms with Gasteiger partial charge in [0.25, 0.3) is 5.78 Å². The van der Waals surface area contributed by atoms with Crippen molar-refractivity contribution < 1.29 is 0 Å². The summed E-state index contributed by atoms with van der Waals surface area (Å²) >= 11 is 0. The van der Waals surface area contributed by atoms with Gasteiger partial charge in [0, 0.05) is 31.9 Å². The predicted molar refractivity (Wildman–Crippen MR) is 76.5 cm³/mol. The van der Waals surface area contributed by atoms with E-state index in [1.165, 1.54) is 6.33 Å². The molecule has 104 valence electrons. The number of aromatic nitrogens is 4. The summed E-state index contributed by atoms with van der Waals surface area (Å²) in [4.78, 5) is 10.7. The average molecular weight is 262 g/mol. The molecule has 0 spiro atoms. The molecule has 2 rings (SSSR count). The molecule has 0 saturated heterocycles. The summed E-state index contributed by atoms with van der Waals surface area (Å²) in [5.74, 6) is 2.35. The normalized spacial score (nSPS) is 11.4. The van der Waals surface area contributed by atoms with Gasteiger partial charge >= 0.3 is 0 Å². The van der Waals surface area contributed by atoms with Crippen molar-refractivity contribution in [2.45, 2.75) is 20.8 Å². The quantitative estimate of drug-likeness (QED) is 0.790. The number of likely N-dealkylation sites (N-methyl/N-ethyl adjacent to an activating group) is 1. The van der Waals surface area contributed by atoms with Crippen LogP contribution in [-0.4, -0.2) is 46.3 Å². The molecular weight excluding hydrogens is 240 g/mol. The Balaban J connectivity index is 2.04.